The third-order valence-corrected chi connectivity index (χ3v) is 2.34. The number of hydrogen-bond acceptors (Lipinski definition) is 6. The first kappa shape index (κ1) is 17.3. The summed E-state index contributed by atoms with van der Waals surface area (Å²) in [7, 11) is 0. The maximum atomic E-state index is 11.5. The molecule has 1 fully saturated rings. The Labute approximate surface area is 124 Å². The molecular weight excluding hydrogens is 276 g/mol. The maximum Gasteiger partial charge on any atom is 0.342 e. The summed E-state index contributed by atoms with van der Waals surface area (Å²) in [5, 5.41) is 18.4. The lowest BCUT2D eigenvalue weighted by Gasteiger charge is -2.19. The van der Waals surface area contributed by atoms with Gasteiger partial charge in [0.25, 0.3) is 0 Å². The molecule has 1 saturated heterocycles. The van der Waals surface area contributed by atoms with E-state index in [1.165, 1.54) is 12.1 Å². The minimum absolute atomic E-state index is 0.0442. The average Bonchev–Trinajstić information content (AvgIpc) is 2.39. The highest BCUT2D eigenvalue weighted by molar-refractivity contribution is 5.92. The van der Waals surface area contributed by atoms with Crippen LogP contribution in [0.15, 0.2) is 18.2 Å². The smallest absolute Gasteiger partial charge is 0.342 e. The van der Waals surface area contributed by atoms with E-state index in [2.05, 4.69) is 0 Å². The van der Waals surface area contributed by atoms with Crippen molar-refractivity contribution in [2.24, 2.45) is 0 Å². The number of aromatic hydroxyl groups is 2. The molecule has 0 aromatic heterocycles. The minimum atomic E-state index is -0.611. The summed E-state index contributed by atoms with van der Waals surface area (Å²) in [5.41, 5.74) is -0.566. The molecule has 0 saturated carbocycles. The van der Waals surface area contributed by atoms with Gasteiger partial charge in [0.05, 0.1) is 26.4 Å². The molecule has 1 aromatic rings. The van der Waals surface area contributed by atoms with E-state index in [4.69, 9.17) is 19.3 Å². The van der Waals surface area contributed by atoms with Crippen LogP contribution in [0, 0.1) is 0 Å². The lowest BCUT2D eigenvalue weighted by Crippen LogP contribution is -2.23. The van der Waals surface area contributed by atoms with Crippen LogP contribution >= 0.6 is 0 Å². The van der Waals surface area contributed by atoms with Crippen LogP contribution in [-0.2, 0) is 14.2 Å². The van der Waals surface area contributed by atoms with E-state index < -0.39 is 11.6 Å². The molecule has 118 valence electrons. The molecule has 0 radical (unpaired) electrons. The van der Waals surface area contributed by atoms with E-state index in [9.17, 15) is 9.90 Å². The fourth-order valence-corrected chi connectivity index (χ4v) is 1.47. The Bertz CT molecular complexity index is 448. The second-order valence-electron chi connectivity index (χ2n) is 5.43. The standard InChI is InChI=1S/C11H14O4.C4H8O2/c1-11(2,3)15-10(14)8-5-4-7(12)6-9(8)13;1-2-6-4-3-5-1/h4-6,12-13H,1-3H3;1-4H2. The molecule has 1 aromatic carbocycles. The van der Waals surface area contributed by atoms with Gasteiger partial charge in [-0.2, -0.15) is 0 Å². The molecular formula is C15H22O6. The van der Waals surface area contributed by atoms with Gasteiger partial charge >= 0.3 is 5.97 Å². The predicted molar refractivity (Wildman–Crippen MR) is 76.6 cm³/mol. The Morgan fingerprint density at radius 2 is 1.62 bits per heavy atom. The van der Waals surface area contributed by atoms with Crippen molar-refractivity contribution < 1.29 is 29.2 Å². The van der Waals surface area contributed by atoms with Crippen LogP contribution in [0.4, 0.5) is 0 Å². The van der Waals surface area contributed by atoms with Crippen molar-refractivity contribution in [1.29, 1.82) is 0 Å². The van der Waals surface area contributed by atoms with E-state index >= 15 is 0 Å². The first-order chi connectivity index (χ1) is 9.79. The summed E-state index contributed by atoms with van der Waals surface area (Å²) < 4.78 is 15.0. The molecule has 6 nitrogen and oxygen atoms in total. The topological polar surface area (TPSA) is 85.2 Å². The van der Waals surface area contributed by atoms with Crippen molar-refractivity contribution in [3.05, 3.63) is 23.8 Å². The summed E-state index contributed by atoms with van der Waals surface area (Å²) in [6.45, 7) is 8.33. The molecule has 1 aliphatic heterocycles. The van der Waals surface area contributed by atoms with Crippen LogP contribution in [0.2, 0.25) is 0 Å². The molecule has 1 heterocycles. The molecule has 6 heteroatoms. The summed E-state index contributed by atoms with van der Waals surface area (Å²) in [4.78, 5) is 11.5. The van der Waals surface area contributed by atoms with Crippen molar-refractivity contribution in [3.8, 4) is 11.5 Å². The average molecular weight is 298 g/mol. The zero-order valence-electron chi connectivity index (χ0n) is 12.6. The first-order valence-electron chi connectivity index (χ1n) is 6.70. The molecule has 1 aliphatic rings. The number of phenols is 2. The van der Waals surface area contributed by atoms with Crippen molar-refractivity contribution in [1.82, 2.24) is 0 Å². The Morgan fingerprint density at radius 3 is 2.00 bits per heavy atom. The first-order valence-corrected chi connectivity index (χ1v) is 6.70. The Balaban J connectivity index is 0.000000304. The van der Waals surface area contributed by atoms with Gasteiger partial charge in [0.15, 0.2) is 0 Å². The Morgan fingerprint density at radius 1 is 1.10 bits per heavy atom. The van der Waals surface area contributed by atoms with Crippen LogP contribution in [0.3, 0.4) is 0 Å². The van der Waals surface area contributed by atoms with Gasteiger partial charge in [-0.05, 0) is 32.9 Å². The molecule has 21 heavy (non-hydrogen) atoms. The van der Waals surface area contributed by atoms with E-state index in [-0.39, 0.29) is 17.1 Å². The molecule has 2 rings (SSSR count). The third-order valence-electron chi connectivity index (χ3n) is 2.34. The lowest BCUT2D eigenvalue weighted by molar-refractivity contribution is -0.0334. The zero-order chi connectivity index (χ0) is 15.9. The second kappa shape index (κ2) is 7.85. The van der Waals surface area contributed by atoms with E-state index in [1.807, 2.05) is 0 Å². The van der Waals surface area contributed by atoms with Crippen LogP contribution in [0.25, 0.3) is 0 Å². The lowest BCUT2D eigenvalue weighted by atomic mass is 10.1. The number of ether oxygens (including phenoxy) is 3. The molecule has 0 bridgehead atoms. The minimum Gasteiger partial charge on any atom is -0.508 e. The van der Waals surface area contributed by atoms with Crippen molar-refractivity contribution in [3.63, 3.8) is 0 Å². The SMILES string of the molecule is C1COCCO1.CC(C)(C)OC(=O)c1ccc(O)cc1O. The molecule has 0 unspecified atom stereocenters. The van der Waals surface area contributed by atoms with Crippen LogP contribution < -0.4 is 0 Å². The summed E-state index contributed by atoms with van der Waals surface area (Å²) in [6, 6.07) is 3.73. The Hall–Kier alpha value is -1.79. The molecule has 0 spiro atoms. The molecule has 0 atom stereocenters. The van der Waals surface area contributed by atoms with Crippen LogP contribution in [0.1, 0.15) is 31.1 Å². The van der Waals surface area contributed by atoms with Crippen molar-refractivity contribution in [2.45, 2.75) is 26.4 Å². The fourth-order valence-electron chi connectivity index (χ4n) is 1.47. The number of rotatable bonds is 1. The number of carbonyl (C=O) groups is 1. The molecule has 2 N–H and O–H groups in total. The monoisotopic (exact) mass is 298 g/mol. The number of benzene rings is 1. The summed E-state index contributed by atoms with van der Waals surface area (Å²) in [6.07, 6.45) is 0. The summed E-state index contributed by atoms with van der Waals surface area (Å²) >= 11 is 0. The maximum absolute atomic E-state index is 11.5. The van der Waals surface area contributed by atoms with Crippen molar-refractivity contribution >= 4 is 5.97 Å². The predicted octanol–water partition coefficient (Wildman–Crippen LogP) is 2.09. The highest BCUT2D eigenvalue weighted by Gasteiger charge is 2.20. The van der Waals surface area contributed by atoms with Crippen molar-refractivity contribution in [2.75, 3.05) is 26.4 Å². The second-order valence-corrected chi connectivity index (χ2v) is 5.43. The van der Waals surface area contributed by atoms with Gasteiger partial charge in [0.2, 0.25) is 0 Å². The van der Waals surface area contributed by atoms with Gasteiger partial charge in [-0.3, -0.25) is 0 Å². The normalized spacial score (nSPS) is 14.8. The van der Waals surface area contributed by atoms with Gasteiger partial charge in [-0.25, -0.2) is 4.79 Å². The zero-order valence-corrected chi connectivity index (χ0v) is 12.6. The number of carbonyl (C=O) groups excluding carboxylic acids is 1. The molecule has 0 aliphatic carbocycles. The largest absolute Gasteiger partial charge is 0.508 e. The van der Waals surface area contributed by atoms with Gasteiger partial charge in [-0.15, -0.1) is 0 Å². The number of hydrogen-bond donors (Lipinski definition) is 2. The van der Waals surface area contributed by atoms with Crippen LogP contribution in [0.5, 0.6) is 11.5 Å². The Kier molecular flexibility index (Phi) is 6.45. The van der Waals surface area contributed by atoms with Gasteiger partial charge in [0.1, 0.15) is 22.7 Å². The molecule has 0 amide bonds. The number of phenolic OH excluding ortho intramolecular Hbond substituents is 2. The van der Waals surface area contributed by atoms with Gasteiger partial charge in [0, 0.05) is 6.07 Å². The van der Waals surface area contributed by atoms with E-state index in [0.29, 0.717) is 0 Å². The summed E-state index contributed by atoms with van der Waals surface area (Å²) in [5.74, 6) is -0.996. The van der Waals surface area contributed by atoms with E-state index in [1.54, 1.807) is 20.8 Å². The highest BCUT2D eigenvalue weighted by atomic mass is 16.6. The van der Waals surface area contributed by atoms with Crippen LogP contribution in [-0.4, -0.2) is 48.2 Å². The highest BCUT2D eigenvalue weighted by Crippen LogP contribution is 2.24. The fraction of sp³-hybridized carbons (Fsp3) is 0.533. The number of esters is 1. The van der Waals surface area contributed by atoms with Gasteiger partial charge in [-0.1, -0.05) is 0 Å². The quantitative estimate of drug-likeness (QED) is 0.772. The van der Waals surface area contributed by atoms with E-state index in [0.717, 1.165) is 32.5 Å². The third kappa shape index (κ3) is 6.97. The van der Waals surface area contributed by atoms with Gasteiger partial charge < -0.3 is 24.4 Å².